The zero-order valence-electron chi connectivity index (χ0n) is 8.14. The lowest BCUT2D eigenvalue weighted by molar-refractivity contribution is 1.05. The average molecular weight is 233 g/mol. The first-order chi connectivity index (χ1) is 5.96. The Balaban J connectivity index is 3.14. The summed E-state index contributed by atoms with van der Waals surface area (Å²) in [7, 11) is 0. The number of hydrogen-bond donors (Lipinski definition) is 0. The number of halogens is 2. The molecule has 0 spiro atoms. The number of aryl methyl sites for hydroxylation is 1. The van der Waals surface area contributed by atoms with Crippen molar-refractivity contribution >= 4 is 34.0 Å². The van der Waals surface area contributed by atoms with Gasteiger partial charge in [0.15, 0.2) is 0 Å². The van der Waals surface area contributed by atoms with Crippen molar-refractivity contribution in [2.24, 2.45) is 0 Å². The molecule has 0 radical (unpaired) electrons. The van der Waals surface area contributed by atoms with Gasteiger partial charge in [0.25, 0.3) is 6.69 Å². The van der Waals surface area contributed by atoms with Crippen molar-refractivity contribution in [3.8, 4) is 0 Å². The third kappa shape index (κ3) is 2.28. The molecule has 0 bridgehead atoms. The normalized spacial score (nSPS) is 12.2. The molecule has 0 amide bonds. The summed E-state index contributed by atoms with van der Waals surface area (Å²) in [6.45, 7) is 3.97. The van der Waals surface area contributed by atoms with E-state index in [9.17, 15) is 0 Å². The van der Waals surface area contributed by atoms with Gasteiger partial charge in [-0.15, -0.1) is 22.2 Å². The first kappa shape index (κ1) is 11.1. The molecule has 13 heavy (non-hydrogen) atoms. The lowest BCUT2D eigenvalue weighted by Gasteiger charge is -2.22. The molecule has 0 aromatic heterocycles. The van der Waals surface area contributed by atoms with Crippen LogP contribution in [0.15, 0.2) is 24.3 Å². The van der Waals surface area contributed by atoms with Crippen LogP contribution in [0.2, 0.25) is 5.54 Å². The molecule has 0 aliphatic rings. The van der Waals surface area contributed by atoms with Gasteiger partial charge in [-0.05, 0) is 23.2 Å². The molecule has 1 aromatic carbocycles. The molecule has 0 fully saturated rings. The van der Waals surface area contributed by atoms with Gasteiger partial charge in [0.2, 0.25) is 0 Å². The lowest BCUT2D eigenvalue weighted by Crippen LogP contribution is -2.41. The third-order valence-electron chi connectivity index (χ3n) is 2.23. The van der Waals surface area contributed by atoms with Gasteiger partial charge in [-0.3, -0.25) is 0 Å². The zero-order chi connectivity index (χ0) is 10.1. The van der Waals surface area contributed by atoms with Crippen LogP contribution in [0.4, 0.5) is 0 Å². The Morgan fingerprint density at radius 3 is 2.15 bits per heavy atom. The van der Waals surface area contributed by atoms with Crippen molar-refractivity contribution in [2.45, 2.75) is 26.3 Å². The summed E-state index contributed by atoms with van der Waals surface area (Å²) in [4.78, 5) is 0. The topological polar surface area (TPSA) is 0 Å². The Hall–Kier alpha value is 0.0169. The van der Waals surface area contributed by atoms with Gasteiger partial charge in [-0.25, -0.2) is 0 Å². The summed E-state index contributed by atoms with van der Waals surface area (Å²) < 4.78 is 0. The van der Waals surface area contributed by atoms with Crippen LogP contribution in [0.25, 0.3) is 0 Å². The molecule has 0 nitrogen and oxygen atoms in total. The molecular weight excluding hydrogens is 219 g/mol. The Kier molecular flexibility index (Phi) is 3.44. The molecule has 0 heterocycles. The van der Waals surface area contributed by atoms with E-state index in [1.807, 2.05) is 18.2 Å². The quantitative estimate of drug-likeness (QED) is 0.541. The van der Waals surface area contributed by atoms with Crippen LogP contribution in [0.5, 0.6) is 0 Å². The van der Waals surface area contributed by atoms with Crippen molar-refractivity contribution < 1.29 is 0 Å². The van der Waals surface area contributed by atoms with Crippen LogP contribution in [-0.4, -0.2) is 6.69 Å². The highest BCUT2D eigenvalue weighted by Crippen LogP contribution is 2.29. The molecule has 1 aromatic rings. The number of hydrogen-bond acceptors (Lipinski definition) is 0. The standard InChI is InChI=1S/C10H14Cl2Si/c1-8(2)13(11,12)10-7-5-4-6-9(10)3/h4-8H,1-3H3. The second-order valence-electron chi connectivity index (χ2n) is 3.59. The van der Waals surface area contributed by atoms with Crippen LogP contribution in [0.3, 0.4) is 0 Å². The summed E-state index contributed by atoms with van der Waals surface area (Å²) >= 11 is 12.8. The van der Waals surface area contributed by atoms with E-state index < -0.39 is 6.69 Å². The van der Waals surface area contributed by atoms with Crippen LogP contribution in [-0.2, 0) is 0 Å². The van der Waals surface area contributed by atoms with Gasteiger partial charge in [-0.1, -0.05) is 38.1 Å². The van der Waals surface area contributed by atoms with Crippen molar-refractivity contribution in [3.63, 3.8) is 0 Å². The Labute approximate surface area is 90.3 Å². The minimum absolute atomic E-state index is 0.344. The van der Waals surface area contributed by atoms with E-state index in [0.29, 0.717) is 5.54 Å². The van der Waals surface area contributed by atoms with E-state index in [-0.39, 0.29) is 0 Å². The van der Waals surface area contributed by atoms with Gasteiger partial charge < -0.3 is 0 Å². The van der Waals surface area contributed by atoms with Crippen LogP contribution in [0.1, 0.15) is 19.4 Å². The molecule has 0 atom stereocenters. The first-order valence-electron chi connectivity index (χ1n) is 4.40. The zero-order valence-corrected chi connectivity index (χ0v) is 10.7. The predicted molar refractivity (Wildman–Crippen MR) is 63.4 cm³/mol. The van der Waals surface area contributed by atoms with Gasteiger partial charge in [0.1, 0.15) is 0 Å². The smallest absolute Gasteiger partial charge is 0.139 e. The van der Waals surface area contributed by atoms with Crippen molar-refractivity contribution in [1.29, 1.82) is 0 Å². The maximum absolute atomic E-state index is 6.41. The summed E-state index contributed by atoms with van der Waals surface area (Å²) in [5, 5.41) is 1.15. The highest BCUT2D eigenvalue weighted by molar-refractivity contribution is 7.51. The summed E-state index contributed by atoms with van der Waals surface area (Å²) in [6, 6.07) is 8.11. The predicted octanol–water partition coefficient (Wildman–Crippen LogP) is 3.53. The van der Waals surface area contributed by atoms with Gasteiger partial charge >= 0.3 is 0 Å². The maximum atomic E-state index is 6.41. The molecule has 1 rings (SSSR count). The fourth-order valence-corrected chi connectivity index (χ4v) is 4.08. The molecule has 72 valence electrons. The van der Waals surface area contributed by atoms with Crippen molar-refractivity contribution in [1.82, 2.24) is 0 Å². The minimum atomic E-state index is -2.26. The first-order valence-corrected chi connectivity index (χ1v) is 8.50. The largest absolute Gasteiger partial charge is 0.283 e. The van der Waals surface area contributed by atoms with Gasteiger partial charge in [0, 0.05) is 0 Å². The molecule has 3 heteroatoms. The second-order valence-corrected chi connectivity index (χ2v) is 10.7. The fourth-order valence-electron chi connectivity index (χ4n) is 1.26. The molecule has 0 aliphatic carbocycles. The van der Waals surface area contributed by atoms with E-state index >= 15 is 0 Å². The summed E-state index contributed by atoms with van der Waals surface area (Å²) in [5.41, 5.74) is 1.55. The van der Waals surface area contributed by atoms with E-state index in [1.54, 1.807) is 0 Å². The SMILES string of the molecule is Cc1ccccc1[Si](Cl)(Cl)C(C)C. The van der Waals surface area contributed by atoms with Crippen molar-refractivity contribution in [2.75, 3.05) is 0 Å². The molecular formula is C10H14Cl2Si. The van der Waals surface area contributed by atoms with Crippen molar-refractivity contribution in [3.05, 3.63) is 29.8 Å². The molecule has 0 aliphatic heterocycles. The Bertz CT molecular complexity index is 295. The molecule has 0 saturated heterocycles. The minimum Gasteiger partial charge on any atom is -0.139 e. The van der Waals surface area contributed by atoms with E-state index in [1.165, 1.54) is 5.56 Å². The number of rotatable bonds is 2. The molecule has 0 N–H and O–H groups in total. The summed E-state index contributed by atoms with van der Waals surface area (Å²) in [5.74, 6) is 0. The fraction of sp³-hybridized carbons (Fsp3) is 0.400. The monoisotopic (exact) mass is 232 g/mol. The Morgan fingerprint density at radius 2 is 1.69 bits per heavy atom. The van der Waals surface area contributed by atoms with Crippen LogP contribution >= 0.6 is 22.2 Å². The summed E-state index contributed by atoms with van der Waals surface area (Å²) in [6.07, 6.45) is 0. The Morgan fingerprint density at radius 1 is 1.15 bits per heavy atom. The van der Waals surface area contributed by atoms with E-state index in [0.717, 1.165) is 5.19 Å². The maximum Gasteiger partial charge on any atom is 0.283 e. The van der Waals surface area contributed by atoms with Crippen LogP contribution in [0, 0.1) is 6.92 Å². The van der Waals surface area contributed by atoms with Gasteiger partial charge in [-0.2, -0.15) is 0 Å². The molecule has 0 unspecified atom stereocenters. The van der Waals surface area contributed by atoms with Gasteiger partial charge in [0.05, 0.1) is 0 Å². The van der Waals surface area contributed by atoms with E-state index in [2.05, 4.69) is 26.8 Å². The number of benzene rings is 1. The van der Waals surface area contributed by atoms with E-state index in [4.69, 9.17) is 22.2 Å². The lowest BCUT2D eigenvalue weighted by atomic mass is 10.2. The molecule has 0 saturated carbocycles. The third-order valence-corrected chi connectivity index (χ3v) is 8.80. The second kappa shape index (κ2) is 4.03. The average Bonchev–Trinajstić information content (AvgIpc) is 2.04. The highest BCUT2D eigenvalue weighted by Gasteiger charge is 2.35. The highest BCUT2D eigenvalue weighted by atomic mass is 35.7. The van der Waals surface area contributed by atoms with Crippen LogP contribution < -0.4 is 5.19 Å².